The van der Waals surface area contributed by atoms with Crippen molar-refractivity contribution in [1.29, 1.82) is 0 Å². The maximum atomic E-state index is 13.5. The van der Waals surface area contributed by atoms with E-state index in [2.05, 4.69) is 20.8 Å². The van der Waals surface area contributed by atoms with Crippen LogP contribution in [0.25, 0.3) is 22.4 Å². The number of hydrogen-bond acceptors (Lipinski definition) is 5. The summed E-state index contributed by atoms with van der Waals surface area (Å²) >= 11 is 0. The van der Waals surface area contributed by atoms with E-state index in [4.69, 9.17) is 4.52 Å². The first-order valence-corrected chi connectivity index (χ1v) is 10.9. The molecular formula is C25H21N5O3. The molecule has 2 N–H and O–H groups in total. The number of benzene rings is 2. The van der Waals surface area contributed by atoms with Crippen molar-refractivity contribution in [1.82, 2.24) is 15.0 Å². The molecular weight excluding hydrogens is 418 g/mol. The standard InChI is InChI=1S/C25H21N5O3/c1-30-13-16-11-17(9-10-19(16)28-25(30)32)26-23(31)18-12-20(14-5-3-2-4-6-14)27-24-21(18)22(29-33-24)15-7-8-15/h2-6,9-12,15H,7-8,13H2,1H3,(H,26,31)(H,28,32). The summed E-state index contributed by atoms with van der Waals surface area (Å²) in [7, 11) is 1.73. The molecule has 1 aliphatic carbocycles. The highest BCUT2D eigenvalue weighted by Gasteiger charge is 2.32. The molecule has 1 fully saturated rings. The molecule has 0 spiro atoms. The van der Waals surface area contributed by atoms with Gasteiger partial charge in [0.05, 0.1) is 22.3 Å². The van der Waals surface area contributed by atoms with Crippen molar-refractivity contribution in [2.75, 3.05) is 17.7 Å². The monoisotopic (exact) mass is 439 g/mol. The summed E-state index contributed by atoms with van der Waals surface area (Å²) < 4.78 is 5.56. The van der Waals surface area contributed by atoms with Crippen LogP contribution in [0, 0.1) is 0 Å². The zero-order valence-electron chi connectivity index (χ0n) is 18.0. The number of amides is 3. The molecule has 2 aromatic heterocycles. The Kier molecular flexibility index (Phi) is 4.39. The predicted octanol–water partition coefficient (Wildman–Crippen LogP) is 5.00. The van der Waals surface area contributed by atoms with Gasteiger partial charge in [0.25, 0.3) is 11.6 Å². The molecule has 1 saturated carbocycles. The second-order valence-corrected chi connectivity index (χ2v) is 8.56. The van der Waals surface area contributed by atoms with E-state index >= 15 is 0 Å². The molecule has 2 aliphatic rings. The molecule has 0 atom stereocenters. The molecule has 8 heteroatoms. The van der Waals surface area contributed by atoms with Crippen LogP contribution in [-0.2, 0) is 6.54 Å². The van der Waals surface area contributed by atoms with Crippen LogP contribution in [-0.4, -0.2) is 34.0 Å². The second-order valence-electron chi connectivity index (χ2n) is 8.56. The van der Waals surface area contributed by atoms with Crippen molar-refractivity contribution in [2.24, 2.45) is 0 Å². The van der Waals surface area contributed by atoms with E-state index in [1.165, 1.54) is 0 Å². The van der Waals surface area contributed by atoms with Crippen LogP contribution in [0.2, 0.25) is 0 Å². The molecule has 0 saturated heterocycles. The third kappa shape index (κ3) is 3.49. The normalized spacial score (nSPS) is 15.3. The van der Waals surface area contributed by atoms with Gasteiger partial charge in [0.1, 0.15) is 0 Å². The van der Waals surface area contributed by atoms with Crippen molar-refractivity contribution in [3.8, 4) is 11.3 Å². The zero-order valence-corrected chi connectivity index (χ0v) is 18.0. The van der Waals surface area contributed by atoms with Gasteiger partial charge in [-0.3, -0.25) is 4.79 Å². The van der Waals surface area contributed by atoms with Crippen LogP contribution in [0.5, 0.6) is 0 Å². The fourth-order valence-corrected chi connectivity index (χ4v) is 4.21. The quantitative estimate of drug-likeness (QED) is 0.466. The summed E-state index contributed by atoms with van der Waals surface area (Å²) in [4.78, 5) is 31.6. The van der Waals surface area contributed by atoms with Crippen molar-refractivity contribution in [3.05, 3.63) is 71.4 Å². The first-order valence-electron chi connectivity index (χ1n) is 10.9. The molecule has 0 unspecified atom stereocenters. The number of carbonyl (C=O) groups is 2. The first-order chi connectivity index (χ1) is 16.1. The highest BCUT2D eigenvalue weighted by Crippen LogP contribution is 2.43. The Labute approximate surface area is 189 Å². The number of hydrogen-bond donors (Lipinski definition) is 2. The van der Waals surface area contributed by atoms with E-state index in [0.717, 1.165) is 35.3 Å². The van der Waals surface area contributed by atoms with Crippen molar-refractivity contribution in [2.45, 2.75) is 25.3 Å². The smallest absolute Gasteiger partial charge is 0.321 e. The largest absolute Gasteiger partial charge is 0.335 e. The number of nitrogens with zero attached hydrogens (tertiary/aromatic N) is 3. The van der Waals surface area contributed by atoms with Crippen LogP contribution in [0.3, 0.4) is 0 Å². The topological polar surface area (TPSA) is 100 Å². The molecule has 4 aromatic rings. The summed E-state index contributed by atoms with van der Waals surface area (Å²) in [6.45, 7) is 0.472. The SMILES string of the molecule is CN1Cc2cc(NC(=O)c3cc(-c4ccccc4)nc4onc(C5CC5)c34)ccc2NC1=O. The molecule has 3 heterocycles. The lowest BCUT2D eigenvalue weighted by molar-refractivity contribution is 0.102. The highest BCUT2D eigenvalue weighted by molar-refractivity contribution is 6.13. The lowest BCUT2D eigenvalue weighted by Crippen LogP contribution is -2.35. The van der Waals surface area contributed by atoms with Gasteiger partial charge in [-0.1, -0.05) is 35.5 Å². The summed E-state index contributed by atoms with van der Waals surface area (Å²) in [5.41, 5.74) is 5.55. The molecule has 33 heavy (non-hydrogen) atoms. The van der Waals surface area contributed by atoms with E-state index in [1.54, 1.807) is 18.0 Å². The Hall–Kier alpha value is -4.20. The molecule has 6 rings (SSSR count). The van der Waals surface area contributed by atoms with Crippen molar-refractivity contribution >= 4 is 34.4 Å². The Bertz CT molecular complexity index is 1410. The zero-order chi connectivity index (χ0) is 22.5. The van der Waals surface area contributed by atoms with Crippen LogP contribution in [0.4, 0.5) is 16.2 Å². The summed E-state index contributed by atoms with van der Waals surface area (Å²) in [5.74, 6) is 0.0582. The summed E-state index contributed by atoms with van der Waals surface area (Å²) in [5, 5.41) is 10.8. The Balaban J connectivity index is 1.40. The fraction of sp³-hybridized carbons (Fsp3) is 0.200. The minimum absolute atomic E-state index is 0.146. The van der Waals surface area contributed by atoms with Gasteiger partial charge >= 0.3 is 6.03 Å². The maximum Gasteiger partial charge on any atom is 0.321 e. The lowest BCUT2D eigenvalue weighted by atomic mass is 10.0. The maximum absolute atomic E-state index is 13.5. The average molecular weight is 439 g/mol. The van der Waals surface area contributed by atoms with E-state index < -0.39 is 0 Å². The lowest BCUT2D eigenvalue weighted by Gasteiger charge is -2.26. The summed E-state index contributed by atoms with van der Waals surface area (Å²) in [6, 6.07) is 16.8. The van der Waals surface area contributed by atoms with Crippen LogP contribution < -0.4 is 10.6 Å². The summed E-state index contributed by atoms with van der Waals surface area (Å²) in [6.07, 6.45) is 2.07. The van der Waals surface area contributed by atoms with Crippen LogP contribution >= 0.6 is 0 Å². The third-order valence-corrected chi connectivity index (χ3v) is 6.11. The first kappa shape index (κ1) is 19.5. The fourth-order valence-electron chi connectivity index (χ4n) is 4.21. The number of anilines is 2. The van der Waals surface area contributed by atoms with Gasteiger partial charge in [-0.15, -0.1) is 0 Å². The number of aromatic nitrogens is 2. The minimum atomic E-state index is -0.252. The van der Waals surface area contributed by atoms with Gasteiger partial charge in [0, 0.05) is 36.4 Å². The number of urea groups is 1. The number of fused-ring (bicyclic) bond motifs is 2. The number of pyridine rings is 1. The molecule has 3 amide bonds. The van der Waals surface area contributed by atoms with E-state index in [-0.39, 0.29) is 11.9 Å². The van der Waals surface area contributed by atoms with Gasteiger partial charge in [-0.25, -0.2) is 9.78 Å². The van der Waals surface area contributed by atoms with Gasteiger partial charge in [0.15, 0.2) is 0 Å². The van der Waals surface area contributed by atoms with Crippen LogP contribution in [0.15, 0.2) is 59.1 Å². The number of rotatable bonds is 4. The second kappa shape index (κ2) is 7.44. The Morgan fingerprint density at radius 1 is 1.15 bits per heavy atom. The Morgan fingerprint density at radius 3 is 2.76 bits per heavy atom. The van der Waals surface area contributed by atoms with Crippen LogP contribution in [0.1, 0.15) is 40.4 Å². The molecule has 164 valence electrons. The third-order valence-electron chi connectivity index (χ3n) is 6.11. The molecule has 2 aromatic carbocycles. The van der Waals surface area contributed by atoms with Crippen molar-refractivity contribution in [3.63, 3.8) is 0 Å². The van der Waals surface area contributed by atoms with Gasteiger partial charge in [-0.05, 0) is 42.7 Å². The number of carbonyl (C=O) groups excluding carboxylic acids is 2. The van der Waals surface area contributed by atoms with Gasteiger partial charge in [0.2, 0.25) is 0 Å². The van der Waals surface area contributed by atoms with E-state index in [1.807, 2.05) is 48.5 Å². The van der Waals surface area contributed by atoms with Crippen molar-refractivity contribution < 1.29 is 14.1 Å². The van der Waals surface area contributed by atoms with E-state index in [9.17, 15) is 9.59 Å². The van der Waals surface area contributed by atoms with Gasteiger partial charge < -0.3 is 20.1 Å². The minimum Gasteiger partial charge on any atom is -0.335 e. The van der Waals surface area contributed by atoms with Gasteiger partial charge in [-0.2, -0.15) is 0 Å². The van der Waals surface area contributed by atoms with E-state index in [0.29, 0.717) is 40.5 Å². The predicted molar refractivity (Wildman–Crippen MR) is 124 cm³/mol. The average Bonchev–Trinajstić information content (AvgIpc) is 3.58. The molecule has 0 radical (unpaired) electrons. The highest BCUT2D eigenvalue weighted by atomic mass is 16.5. The molecule has 0 bridgehead atoms. The number of nitrogens with one attached hydrogen (secondary N) is 2. The molecule has 8 nitrogen and oxygen atoms in total. The molecule has 1 aliphatic heterocycles. The Morgan fingerprint density at radius 2 is 1.97 bits per heavy atom.